The Bertz CT molecular complexity index is 780. The molecule has 1 atom stereocenters. The van der Waals surface area contributed by atoms with Gasteiger partial charge in [-0.05, 0) is 24.1 Å². The lowest BCUT2D eigenvalue weighted by Crippen LogP contribution is -2.30. The summed E-state index contributed by atoms with van der Waals surface area (Å²) in [5.41, 5.74) is 0.908. The Balaban J connectivity index is 1.58. The fraction of sp³-hybridized carbons (Fsp3) is 0.263. The molecule has 0 aromatic heterocycles. The Morgan fingerprint density at radius 2 is 1.92 bits per heavy atom. The maximum atomic E-state index is 13.6. The van der Waals surface area contributed by atoms with E-state index in [9.17, 15) is 18.4 Å². The van der Waals surface area contributed by atoms with E-state index in [-0.39, 0.29) is 24.6 Å². The van der Waals surface area contributed by atoms with Crippen molar-refractivity contribution in [1.82, 2.24) is 4.90 Å². The van der Waals surface area contributed by atoms with Crippen LogP contribution in [0.5, 0.6) is 0 Å². The Labute approximate surface area is 144 Å². The van der Waals surface area contributed by atoms with E-state index in [1.54, 1.807) is 4.90 Å². The fourth-order valence-corrected chi connectivity index (χ4v) is 2.90. The molecule has 4 nitrogen and oxygen atoms in total. The first-order chi connectivity index (χ1) is 12.0. The molecule has 1 N–H and O–H groups in total. The number of halogens is 2. The summed E-state index contributed by atoms with van der Waals surface area (Å²) in [6, 6.07) is 12.6. The van der Waals surface area contributed by atoms with Gasteiger partial charge in [0.25, 0.3) is 0 Å². The number of anilines is 1. The molecular formula is C19H18F2N2O2. The van der Waals surface area contributed by atoms with Crippen molar-refractivity contribution in [2.24, 2.45) is 5.92 Å². The smallest absolute Gasteiger partial charge is 0.229 e. The molecule has 0 aliphatic carbocycles. The molecule has 130 valence electrons. The monoisotopic (exact) mass is 344 g/mol. The second-order valence-corrected chi connectivity index (χ2v) is 6.09. The number of hydrogen-bond donors (Lipinski definition) is 1. The predicted molar refractivity (Wildman–Crippen MR) is 89.8 cm³/mol. The maximum absolute atomic E-state index is 13.6. The number of carbonyl (C=O) groups excluding carboxylic acids is 2. The highest BCUT2D eigenvalue weighted by atomic mass is 19.1. The van der Waals surface area contributed by atoms with E-state index in [4.69, 9.17) is 0 Å². The Morgan fingerprint density at radius 1 is 1.16 bits per heavy atom. The number of carbonyl (C=O) groups is 2. The highest BCUT2D eigenvalue weighted by Gasteiger charge is 2.34. The Morgan fingerprint density at radius 3 is 2.68 bits per heavy atom. The van der Waals surface area contributed by atoms with Crippen molar-refractivity contribution in [3.63, 3.8) is 0 Å². The third-order valence-corrected chi connectivity index (χ3v) is 4.28. The van der Waals surface area contributed by atoms with Crippen LogP contribution in [-0.4, -0.2) is 29.8 Å². The zero-order valence-electron chi connectivity index (χ0n) is 13.5. The molecule has 1 aliphatic heterocycles. The summed E-state index contributed by atoms with van der Waals surface area (Å²) >= 11 is 0. The van der Waals surface area contributed by atoms with Crippen LogP contribution in [0, 0.1) is 17.6 Å². The van der Waals surface area contributed by atoms with Crippen LogP contribution in [0.4, 0.5) is 14.5 Å². The summed E-state index contributed by atoms with van der Waals surface area (Å²) in [7, 11) is 0. The van der Waals surface area contributed by atoms with Crippen LogP contribution in [0.2, 0.25) is 0 Å². The SMILES string of the molecule is O=C(Nc1cc(F)ccc1F)[C@@H]1CC(=O)N(CCc2ccccc2)C1. The number of amides is 2. The lowest BCUT2D eigenvalue weighted by Gasteiger charge is -2.16. The summed E-state index contributed by atoms with van der Waals surface area (Å²) < 4.78 is 26.8. The Hall–Kier alpha value is -2.76. The van der Waals surface area contributed by atoms with Crippen molar-refractivity contribution < 1.29 is 18.4 Å². The Kier molecular flexibility index (Phi) is 5.07. The van der Waals surface area contributed by atoms with Gasteiger partial charge in [-0.25, -0.2) is 8.78 Å². The van der Waals surface area contributed by atoms with E-state index < -0.39 is 23.5 Å². The van der Waals surface area contributed by atoms with Crippen LogP contribution in [-0.2, 0) is 16.0 Å². The lowest BCUT2D eigenvalue weighted by molar-refractivity contribution is -0.128. The highest BCUT2D eigenvalue weighted by molar-refractivity contribution is 5.97. The van der Waals surface area contributed by atoms with Gasteiger partial charge in [0.2, 0.25) is 11.8 Å². The summed E-state index contributed by atoms with van der Waals surface area (Å²) in [6.07, 6.45) is 0.789. The van der Waals surface area contributed by atoms with Crippen LogP contribution in [0.15, 0.2) is 48.5 Å². The molecule has 0 radical (unpaired) electrons. The average molecular weight is 344 g/mol. The third-order valence-electron chi connectivity index (χ3n) is 4.28. The molecule has 1 saturated heterocycles. The quantitative estimate of drug-likeness (QED) is 0.906. The molecule has 3 rings (SSSR count). The van der Waals surface area contributed by atoms with Gasteiger partial charge < -0.3 is 10.2 Å². The molecule has 0 bridgehead atoms. The van der Waals surface area contributed by atoms with Crippen molar-refractivity contribution >= 4 is 17.5 Å². The van der Waals surface area contributed by atoms with E-state index in [1.807, 2.05) is 30.3 Å². The van der Waals surface area contributed by atoms with E-state index in [1.165, 1.54) is 0 Å². The molecular weight excluding hydrogens is 326 g/mol. The zero-order chi connectivity index (χ0) is 17.8. The minimum absolute atomic E-state index is 0.0809. The molecule has 1 aliphatic rings. The topological polar surface area (TPSA) is 49.4 Å². The van der Waals surface area contributed by atoms with Crippen LogP contribution < -0.4 is 5.32 Å². The van der Waals surface area contributed by atoms with E-state index in [2.05, 4.69) is 5.32 Å². The number of likely N-dealkylation sites (tertiary alicyclic amines) is 1. The van der Waals surface area contributed by atoms with E-state index in [0.717, 1.165) is 23.8 Å². The number of benzene rings is 2. The van der Waals surface area contributed by atoms with Crippen molar-refractivity contribution in [3.05, 3.63) is 65.7 Å². The molecule has 0 unspecified atom stereocenters. The molecule has 2 amide bonds. The molecule has 2 aromatic carbocycles. The van der Waals surface area contributed by atoms with Gasteiger partial charge in [-0.15, -0.1) is 0 Å². The molecule has 25 heavy (non-hydrogen) atoms. The third kappa shape index (κ3) is 4.21. The van der Waals surface area contributed by atoms with Crippen molar-refractivity contribution in [3.8, 4) is 0 Å². The summed E-state index contributed by atoms with van der Waals surface area (Å²) in [5, 5.41) is 2.38. The first-order valence-corrected chi connectivity index (χ1v) is 8.10. The predicted octanol–water partition coefficient (Wildman–Crippen LogP) is 2.99. The van der Waals surface area contributed by atoms with Gasteiger partial charge in [-0.3, -0.25) is 9.59 Å². The van der Waals surface area contributed by atoms with Gasteiger partial charge >= 0.3 is 0 Å². The first kappa shape index (κ1) is 17.1. The van der Waals surface area contributed by atoms with E-state index in [0.29, 0.717) is 13.0 Å². The number of nitrogens with one attached hydrogen (secondary N) is 1. The van der Waals surface area contributed by atoms with Crippen molar-refractivity contribution in [2.75, 3.05) is 18.4 Å². The summed E-state index contributed by atoms with van der Waals surface area (Å²) in [6.45, 7) is 0.815. The van der Waals surface area contributed by atoms with Crippen LogP contribution >= 0.6 is 0 Å². The minimum atomic E-state index is -0.708. The molecule has 0 spiro atoms. The van der Waals surface area contributed by atoms with Gasteiger partial charge in [0.05, 0.1) is 11.6 Å². The number of nitrogens with zero attached hydrogens (tertiary/aromatic N) is 1. The highest BCUT2D eigenvalue weighted by Crippen LogP contribution is 2.22. The molecule has 0 saturated carbocycles. The molecule has 6 heteroatoms. The minimum Gasteiger partial charge on any atom is -0.342 e. The summed E-state index contributed by atoms with van der Waals surface area (Å²) in [5.74, 6) is -2.48. The van der Waals surface area contributed by atoms with Crippen LogP contribution in [0.1, 0.15) is 12.0 Å². The number of rotatable bonds is 5. The van der Waals surface area contributed by atoms with Gasteiger partial charge in [0, 0.05) is 25.6 Å². The van der Waals surface area contributed by atoms with Crippen LogP contribution in [0.3, 0.4) is 0 Å². The van der Waals surface area contributed by atoms with Gasteiger partial charge in [0.1, 0.15) is 11.6 Å². The average Bonchev–Trinajstić information content (AvgIpc) is 2.98. The largest absolute Gasteiger partial charge is 0.342 e. The van der Waals surface area contributed by atoms with E-state index >= 15 is 0 Å². The normalized spacial score (nSPS) is 17.0. The maximum Gasteiger partial charge on any atom is 0.229 e. The van der Waals surface area contributed by atoms with Gasteiger partial charge in [-0.2, -0.15) is 0 Å². The standard InChI is InChI=1S/C19H18F2N2O2/c20-15-6-7-16(21)17(11-15)22-19(25)14-10-18(24)23(12-14)9-8-13-4-2-1-3-5-13/h1-7,11,14H,8-10,12H2,(H,22,25)/t14-/m1/s1. The van der Waals surface area contributed by atoms with Gasteiger partial charge in [0.15, 0.2) is 0 Å². The second kappa shape index (κ2) is 7.42. The fourth-order valence-electron chi connectivity index (χ4n) is 2.90. The molecule has 2 aromatic rings. The molecule has 1 fully saturated rings. The lowest BCUT2D eigenvalue weighted by atomic mass is 10.1. The molecule has 1 heterocycles. The first-order valence-electron chi connectivity index (χ1n) is 8.10. The zero-order valence-corrected chi connectivity index (χ0v) is 13.5. The van der Waals surface area contributed by atoms with Crippen molar-refractivity contribution in [2.45, 2.75) is 12.8 Å². The summed E-state index contributed by atoms with van der Waals surface area (Å²) in [4.78, 5) is 26.0. The van der Waals surface area contributed by atoms with Gasteiger partial charge in [-0.1, -0.05) is 30.3 Å². The number of hydrogen-bond acceptors (Lipinski definition) is 2. The van der Waals surface area contributed by atoms with Crippen molar-refractivity contribution in [1.29, 1.82) is 0 Å². The second-order valence-electron chi connectivity index (χ2n) is 6.09. The van der Waals surface area contributed by atoms with Crippen LogP contribution in [0.25, 0.3) is 0 Å².